The fraction of sp³-hybridized carbons (Fsp3) is 0.462. The van der Waals surface area contributed by atoms with E-state index in [1.807, 2.05) is 26.0 Å². The van der Waals surface area contributed by atoms with Gasteiger partial charge in [0.1, 0.15) is 6.04 Å². The molecule has 1 aromatic rings. The normalized spacial score (nSPS) is 11.7. The summed E-state index contributed by atoms with van der Waals surface area (Å²) >= 11 is 0. The first kappa shape index (κ1) is 14.9. The van der Waals surface area contributed by atoms with Crippen LogP contribution in [-0.4, -0.2) is 28.1 Å². The molecule has 3 N–H and O–H groups in total. The second-order valence-corrected chi connectivity index (χ2v) is 4.28. The quantitative estimate of drug-likeness (QED) is 0.726. The van der Waals surface area contributed by atoms with Crippen LogP contribution >= 0.6 is 0 Å². The van der Waals surface area contributed by atoms with Crippen LogP contribution in [0.2, 0.25) is 0 Å². The number of nitrogens with zero attached hydrogens (tertiary/aromatic N) is 1. The minimum atomic E-state index is -1.02. The van der Waals surface area contributed by atoms with E-state index in [2.05, 4.69) is 15.6 Å². The maximum absolute atomic E-state index is 11.6. The Morgan fingerprint density at radius 1 is 1.42 bits per heavy atom. The molecule has 104 valence electrons. The van der Waals surface area contributed by atoms with Crippen LogP contribution in [0.1, 0.15) is 31.2 Å². The van der Waals surface area contributed by atoms with E-state index >= 15 is 0 Å². The highest BCUT2D eigenvalue weighted by Gasteiger charge is 2.18. The van der Waals surface area contributed by atoms with Crippen LogP contribution in [-0.2, 0) is 11.3 Å². The Morgan fingerprint density at radius 2 is 2.16 bits per heavy atom. The Hall–Kier alpha value is -2.11. The lowest BCUT2D eigenvalue weighted by Crippen LogP contribution is -2.45. The Labute approximate surface area is 112 Å². The largest absolute Gasteiger partial charge is 0.480 e. The summed E-state index contributed by atoms with van der Waals surface area (Å²) in [6, 6.07) is 4.17. The van der Waals surface area contributed by atoms with Gasteiger partial charge in [-0.3, -0.25) is 4.98 Å². The molecule has 0 aromatic carbocycles. The molecule has 1 unspecified atom stereocenters. The Kier molecular flexibility index (Phi) is 5.78. The first-order chi connectivity index (χ1) is 9.02. The average molecular weight is 265 g/mol. The van der Waals surface area contributed by atoms with Crippen LogP contribution in [0.15, 0.2) is 18.2 Å². The molecule has 2 amide bonds. The molecule has 0 spiro atoms. The van der Waals surface area contributed by atoms with E-state index in [4.69, 9.17) is 5.11 Å². The molecular formula is C13H19N3O3. The standard InChI is InChI=1S/C13H19N3O3/c1-3-5-11(12(17)18)16-13(19)14-8-10-7-4-6-9(2)15-10/h4,6-7,11H,3,5,8H2,1-2H3,(H,17,18)(H2,14,16,19). The van der Waals surface area contributed by atoms with Gasteiger partial charge in [0.25, 0.3) is 0 Å². The van der Waals surface area contributed by atoms with E-state index in [0.717, 1.165) is 11.4 Å². The number of urea groups is 1. The van der Waals surface area contributed by atoms with Crippen molar-refractivity contribution in [2.75, 3.05) is 0 Å². The van der Waals surface area contributed by atoms with Crippen molar-refractivity contribution in [2.24, 2.45) is 0 Å². The number of rotatable bonds is 6. The van der Waals surface area contributed by atoms with Gasteiger partial charge in [-0.1, -0.05) is 19.4 Å². The molecule has 6 heteroatoms. The third-order valence-corrected chi connectivity index (χ3v) is 2.56. The number of carbonyl (C=O) groups excluding carboxylic acids is 1. The first-order valence-corrected chi connectivity index (χ1v) is 6.22. The highest BCUT2D eigenvalue weighted by Crippen LogP contribution is 1.99. The van der Waals surface area contributed by atoms with Crippen molar-refractivity contribution >= 4 is 12.0 Å². The van der Waals surface area contributed by atoms with E-state index in [0.29, 0.717) is 12.8 Å². The molecule has 0 bridgehead atoms. The molecule has 1 aromatic heterocycles. The van der Waals surface area contributed by atoms with Crippen molar-refractivity contribution < 1.29 is 14.7 Å². The van der Waals surface area contributed by atoms with Gasteiger partial charge in [-0.15, -0.1) is 0 Å². The molecule has 0 aliphatic heterocycles. The minimum absolute atomic E-state index is 0.270. The van der Waals surface area contributed by atoms with Crippen molar-refractivity contribution in [3.8, 4) is 0 Å². The van der Waals surface area contributed by atoms with Gasteiger partial charge in [0.15, 0.2) is 0 Å². The molecule has 1 heterocycles. The maximum atomic E-state index is 11.6. The Balaban J connectivity index is 2.44. The van der Waals surface area contributed by atoms with Gasteiger partial charge in [0, 0.05) is 5.69 Å². The topological polar surface area (TPSA) is 91.3 Å². The van der Waals surface area contributed by atoms with E-state index in [9.17, 15) is 9.59 Å². The number of aromatic nitrogens is 1. The fourth-order valence-corrected chi connectivity index (χ4v) is 1.62. The lowest BCUT2D eigenvalue weighted by Gasteiger charge is -2.14. The minimum Gasteiger partial charge on any atom is -0.480 e. The zero-order valence-corrected chi connectivity index (χ0v) is 11.1. The number of carboxylic acids is 1. The predicted molar refractivity (Wildman–Crippen MR) is 70.7 cm³/mol. The van der Waals surface area contributed by atoms with E-state index < -0.39 is 18.0 Å². The van der Waals surface area contributed by atoms with Gasteiger partial charge in [-0.05, 0) is 25.5 Å². The van der Waals surface area contributed by atoms with Crippen molar-refractivity contribution in [3.05, 3.63) is 29.6 Å². The van der Waals surface area contributed by atoms with Crippen LogP contribution < -0.4 is 10.6 Å². The number of pyridine rings is 1. The molecule has 1 atom stereocenters. The molecule has 6 nitrogen and oxygen atoms in total. The second kappa shape index (κ2) is 7.35. The number of aryl methyl sites for hydroxylation is 1. The van der Waals surface area contributed by atoms with Crippen LogP contribution in [0.4, 0.5) is 4.79 Å². The van der Waals surface area contributed by atoms with Gasteiger partial charge in [-0.2, -0.15) is 0 Å². The van der Waals surface area contributed by atoms with Crippen molar-refractivity contribution in [1.29, 1.82) is 0 Å². The van der Waals surface area contributed by atoms with Crippen molar-refractivity contribution in [2.45, 2.75) is 39.3 Å². The molecule has 0 aliphatic carbocycles. The summed E-state index contributed by atoms with van der Waals surface area (Å²) in [5, 5.41) is 13.9. The van der Waals surface area contributed by atoms with Crippen LogP contribution in [0.5, 0.6) is 0 Å². The predicted octanol–water partition coefficient (Wildman–Crippen LogP) is 1.44. The number of hydrogen-bond acceptors (Lipinski definition) is 3. The van der Waals surface area contributed by atoms with Crippen LogP contribution in [0, 0.1) is 6.92 Å². The van der Waals surface area contributed by atoms with Gasteiger partial charge in [0.05, 0.1) is 12.2 Å². The zero-order chi connectivity index (χ0) is 14.3. The molecule has 0 saturated heterocycles. The van der Waals surface area contributed by atoms with Crippen molar-refractivity contribution in [3.63, 3.8) is 0 Å². The van der Waals surface area contributed by atoms with E-state index in [1.54, 1.807) is 6.07 Å². The molecule has 0 radical (unpaired) electrons. The Morgan fingerprint density at radius 3 is 2.74 bits per heavy atom. The summed E-state index contributed by atoms with van der Waals surface area (Å²) in [5.74, 6) is -1.02. The van der Waals surface area contributed by atoms with Gasteiger partial charge < -0.3 is 15.7 Å². The third-order valence-electron chi connectivity index (χ3n) is 2.56. The second-order valence-electron chi connectivity index (χ2n) is 4.28. The van der Waals surface area contributed by atoms with E-state index in [-0.39, 0.29) is 6.54 Å². The molecule has 0 saturated carbocycles. The SMILES string of the molecule is CCCC(NC(=O)NCc1cccc(C)n1)C(=O)O. The number of carbonyl (C=O) groups is 2. The van der Waals surface area contributed by atoms with Gasteiger partial charge in [0.2, 0.25) is 0 Å². The third kappa shape index (κ3) is 5.37. The molecule has 0 fully saturated rings. The highest BCUT2D eigenvalue weighted by atomic mass is 16.4. The molecular weight excluding hydrogens is 246 g/mol. The maximum Gasteiger partial charge on any atom is 0.326 e. The Bertz CT molecular complexity index is 449. The van der Waals surface area contributed by atoms with Crippen LogP contribution in [0.25, 0.3) is 0 Å². The first-order valence-electron chi connectivity index (χ1n) is 6.22. The molecule has 1 rings (SSSR count). The summed E-state index contributed by atoms with van der Waals surface area (Å²) in [5.41, 5.74) is 1.60. The zero-order valence-electron chi connectivity index (χ0n) is 11.1. The summed E-state index contributed by atoms with van der Waals surface area (Å²) in [6.07, 6.45) is 1.10. The number of hydrogen-bond donors (Lipinski definition) is 3. The number of amides is 2. The summed E-state index contributed by atoms with van der Waals surface area (Å²) in [6.45, 7) is 4.00. The van der Waals surface area contributed by atoms with Crippen LogP contribution in [0.3, 0.4) is 0 Å². The van der Waals surface area contributed by atoms with E-state index in [1.165, 1.54) is 0 Å². The lowest BCUT2D eigenvalue weighted by atomic mass is 10.2. The molecule has 0 aliphatic rings. The summed E-state index contributed by atoms with van der Waals surface area (Å²) in [7, 11) is 0. The average Bonchev–Trinajstić information content (AvgIpc) is 2.36. The summed E-state index contributed by atoms with van der Waals surface area (Å²) < 4.78 is 0. The highest BCUT2D eigenvalue weighted by molar-refractivity contribution is 5.82. The van der Waals surface area contributed by atoms with Gasteiger partial charge in [-0.25, -0.2) is 9.59 Å². The smallest absolute Gasteiger partial charge is 0.326 e. The number of aliphatic carboxylic acids is 1. The molecule has 19 heavy (non-hydrogen) atoms. The van der Waals surface area contributed by atoms with Gasteiger partial charge >= 0.3 is 12.0 Å². The summed E-state index contributed by atoms with van der Waals surface area (Å²) in [4.78, 5) is 26.7. The number of nitrogens with one attached hydrogen (secondary N) is 2. The lowest BCUT2D eigenvalue weighted by molar-refractivity contribution is -0.139. The fourth-order valence-electron chi connectivity index (χ4n) is 1.62. The monoisotopic (exact) mass is 265 g/mol. The van der Waals surface area contributed by atoms with Crippen molar-refractivity contribution in [1.82, 2.24) is 15.6 Å². The number of carboxylic acid groups (broad SMARTS) is 1.